The van der Waals surface area contributed by atoms with Gasteiger partial charge in [-0.15, -0.1) is 0 Å². The van der Waals surface area contributed by atoms with Gasteiger partial charge in [-0.2, -0.15) is 5.10 Å². The van der Waals surface area contributed by atoms with Crippen LogP contribution in [0.25, 0.3) is 0 Å². The van der Waals surface area contributed by atoms with Crippen molar-refractivity contribution < 1.29 is 0 Å². The molecule has 0 aromatic carbocycles. The van der Waals surface area contributed by atoms with Crippen LogP contribution in [0.3, 0.4) is 0 Å². The number of hydrogen-bond donors (Lipinski definition) is 1. The number of nitrogens with one attached hydrogen (secondary N) is 1. The Morgan fingerprint density at radius 3 is 3.00 bits per heavy atom. The molecular formula is C11H17N3. The van der Waals surface area contributed by atoms with E-state index in [1.165, 1.54) is 37.1 Å². The molecule has 1 fully saturated rings. The van der Waals surface area contributed by atoms with Gasteiger partial charge < -0.3 is 5.32 Å². The smallest absolute Gasteiger partial charge is 0.0658 e. The van der Waals surface area contributed by atoms with Crippen molar-refractivity contribution >= 4 is 0 Å². The zero-order valence-corrected chi connectivity index (χ0v) is 8.50. The third-order valence-electron chi connectivity index (χ3n) is 3.46. The Balaban J connectivity index is 1.87. The first kappa shape index (κ1) is 8.48. The van der Waals surface area contributed by atoms with Crippen molar-refractivity contribution in [3.8, 4) is 0 Å². The third-order valence-corrected chi connectivity index (χ3v) is 3.46. The van der Waals surface area contributed by atoms with E-state index in [2.05, 4.69) is 16.1 Å². The van der Waals surface area contributed by atoms with E-state index in [4.69, 9.17) is 5.10 Å². The summed E-state index contributed by atoms with van der Waals surface area (Å²) in [6.07, 6.45) is 5.49. The fourth-order valence-corrected chi connectivity index (χ4v) is 2.64. The molecule has 3 rings (SSSR count). The zero-order valence-electron chi connectivity index (χ0n) is 8.50. The summed E-state index contributed by atoms with van der Waals surface area (Å²) in [6, 6.07) is 2.31. The molecule has 1 aromatic rings. The van der Waals surface area contributed by atoms with Gasteiger partial charge >= 0.3 is 0 Å². The predicted molar refractivity (Wildman–Crippen MR) is 55.1 cm³/mol. The molecule has 0 radical (unpaired) electrons. The molecule has 1 saturated carbocycles. The SMILES string of the molecule is c1c(C2CCCC2)nn2c1CNCC2. The second-order valence-electron chi connectivity index (χ2n) is 4.44. The number of rotatable bonds is 1. The van der Waals surface area contributed by atoms with Gasteiger partial charge in [0, 0.05) is 19.0 Å². The second-order valence-corrected chi connectivity index (χ2v) is 4.44. The summed E-state index contributed by atoms with van der Waals surface area (Å²) in [4.78, 5) is 0. The average Bonchev–Trinajstić information content (AvgIpc) is 2.86. The van der Waals surface area contributed by atoms with Crippen molar-refractivity contribution in [3.05, 3.63) is 17.5 Å². The lowest BCUT2D eigenvalue weighted by atomic mass is 10.0. The lowest BCUT2D eigenvalue weighted by Gasteiger charge is -2.13. The van der Waals surface area contributed by atoms with E-state index in [0.29, 0.717) is 0 Å². The van der Waals surface area contributed by atoms with Crippen LogP contribution in [-0.2, 0) is 13.1 Å². The fourth-order valence-electron chi connectivity index (χ4n) is 2.64. The van der Waals surface area contributed by atoms with Crippen LogP contribution in [-0.4, -0.2) is 16.3 Å². The minimum absolute atomic E-state index is 0.757. The van der Waals surface area contributed by atoms with Gasteiger partial charge in [-0.3, -0.25) is 4.68 Å². The van der Waals surface area contributed by atoms with Crippen LogP contribution >= 0.6 is 0 Å². The minimum Gasteiger partial charge on any atom is -0.309 e. The molecule has 3 heteroatoms. The van der Waals surface area contributed by atoms with E-state index in [1.54, 1.807) is 0 Å². The van der Waals surface area contributed by atoms with E-state index in [1.807, 2.05) is 0 Å². The molecule has 0 atom stereocenters. The summed E-state index contributed by atoms with van der Waals surface area (Å²) >= 11 is 0. The van der Waals surface area contributed by atoms with Crippen LogP contribution in [0.1, 0.15) is 43.0 Å². The first-order valence-electron chi connectivity index (χ1n) is 5.71. The summed E-state index contributed by atoms with van der Waals surface area (Å²) in [7, 11) is 0. The van der Waals surface area contributed by atoms with Gasteiger partial charge in [0.2, 0.25) is 0 Å². The Morgan fingerprint density at radius 2 is 2.21 bits per heavy atom. The number of fused-ring (bicyclic) bond motifs is 1. The lowest BCUT2D eigenvalue weighted by molar-refractivity contribution is 0.470. The first-order chi connectivity index (χ1) is 6.93. The molecule has 0 amide bonds. The molecule has 0 bridgehead atoms. The molecule has 0 spiro atoms. The highest BCUT2D eigenvalue weighted by Gasteiger charge is 2.21. The molecule has 1 N–H and O–H groups in total. The standard InChI is InChI=1S/C11H17N3/c1-2-4-9(3-1)11-7-10-8-12-5-6-14(10)13-11/h7,9,12H,1-6,8H2. The highest BCUT2D eigenvalue weighted by molar-refractivity contribution is 5.16. The van der Waals surface area contributed by atoms with Crippen LogP contribution in [0.5, 0.6) is 0 Å². The van der Waals surface area contributed by atoms with Crippen LogP contribution in [0.15, 0.2) is 6.07 Å². The highest BCUT2D eigenvalue weighted by Crippen LogP contribution is 2.33. The molecule has 1 aliphatic carbocycles. The van der Waals surface area contributed by atoms with Crippen molar-refractivity contribution in [1.29, 1.82) is 0 Å². The summed E-state index contributed by atoms with van der Waals surface area (Å²) in [5.41, 5.74) is 2.72. The maximum absolute atomic E-state index is 4.71. The molecule has 1 aliphatic heterocycles. The topological polar surface area (TPSA) is 29.9 Å². The lowest BCUT2D eigenvalue weighted by Crippen LogP contribution is -2.28. The molecule has 76 valence electrons. The van der Waals surface area contributed by atoms with Crippen molar-refractivity contribution in [3.63, 3.8) is 0 Å². The van der Waals surface area contributed by atoms with E-state index in [-0.39, 0.29) is 0 Å². The highest BCUT2D eigenvalue weighted by atomic mass is 15.3. The number of aromatic nitrogens is 2. The average molecular weight is 191 g/mol. The van der Waals surface area contributed by atoms with E-state index in [0.717, 1.165) is 25.6 Å². The van der Waals surface area contributed by atoms with Gasteiger partial charge in [-0.25, -0.2) is 0 Å². The Bertz CT molecular complexity index is 300. The van der Waals surface area contributed by atoms with Crippen molar-refractivity contribution in [2.75, 3.05) is 6.54 Å². The molecule has 0 unspecified atom stereocenters. The minimum atomic E-state index is 0.757. The van der Waals surface area contributed by atoms with Gasteiger partial charge in [-0.05, 0) is 18.9 Å². The summed E-state index contributed by atoms with van der Waals surface area (Å²) in [5, 5.41) is 8.09. The van der Waals surface area contributed by atoms with Gasteiger partial charge in [0.05, 0.1) is 17.9 Å². The van der Waals surface area contributed by atoms with Crippen molar-refractivity contribution in [2.45, 2.75) is 44.7 Å². The fraction of sp³-hybridized carbons (Fsp3) is 0.727. The molecule has 1 aromatic heterocycles. The van der Waals surface area contributed by atoms with Crippen LogP contribution in [0, 0.1) is 0 Å². The van der Waals surface area contributed by atoms with Crippen LogP contribution in [0.2, 0.25) is 0 Å². The second kappa shape index (κ2) is 3.39. The monoisotopic (exact) mass is 191 g/mol. The van der Waals surface area contributed by atoms with Crippen molar-refractivity contribution in [2.24, 2.45) is 0 Å². The Labute approximate surface area is 84.5 Å². The van der Waals surface area contributed by atoms with Gasteiger partial charge in [0.25, 0.3) is 0 Å². The van der Waals surface area contributed by atoms with Gasteiger partial charge in [0.1, 0.15) is 0 Å². The quantitative estimate of drug-likeness (QED) is 0.731. The maximum atomic E-state index is 4.71. The number of hydrogen-bond acceptors (Lipinski definition) is 2. The summed E-state index contributed by atoms with van der Waals surface area (Å²) < 4.78 is 2.18. The van der Waals surface area contributed by atoms with Crippen LogP contribution < -0.4 is 5.32 Å². The maximum Gasteiger partial charge on any atom is 0.0658 e. The summed E-state index contributed by atoms with van der Waals surface area (Å²) in [6.45, 7) is 3.11. The molecule has 2 aliphatic rings. The van der Waals surface area contributed by atoms with Gasteiger partial charge in [0.15, 0.2) is 0 Å². The van der Waals surface area contributed by atoms with Crippen LogP contribution in [0.4, 0.5) is 0 Å². The molecule has 2 heterocycles. The van der Waals surface area contributed by atoms with E-state index >= 15 is 0 Å². The summed E-state index contributed by atoms with van der Waals surface area (Å²) in [5.74, 6) is 0.757. The molecule has 3 nitrogen and oxygen atoms in total. The Hall–Kier alpha value is -0.830. The normalized spacial score (nSPS) is 22.6. The number of nitrogens with zero attached hydrogens (tertiary/aromatic N) is 2. The largest absolute Gasteiger partial charge is 0.309 e. The molecular weight excluding hydrogens is 174 g/mol. The Morgan fingerprint density at radius 1 is 1.36 bits per heavy atom. The predicted octanol–water partition coefficient (Wildman–Crippen LogP) is 1.64. The molecule has 0 saturated heterocycles. The molecule has 14 heavy (non-hydrogen) atoms. The van der Waals surface area contributed by atoms with Gasteiger partial charge in [-0.1, -0.05) is 12.8 Å². The van der Waals surface area contributed by atoms with E-state index < -0.39 is 0 Å². The first-order valence-corrected chi connectivity index (χ1v) is 5.71. The van der Waals surface area contributed by atoms with E-state index in [9.17, 15) is 0 Å². The third kappa shape index (κ3) is 1.36. The zero-order chi connectivity index (χ0) is 9.38. The van der Waals surface area contributed by atoms with Crippen molar-refractivity contribution in [1.82, 2.24) is 15.1 Å². The Kier molecular flexibility index (Phi) is 2.05.